The van der Waals surface area contributed by atoms with Crippen molar-refractivity contribution < 1.29 is 38.5 Å². The second-order valence-corrected chi connectivity index (χ2v) is 9.67. The van der Waals surface area contributed by atoms with Crippen LogP contribution in [0.1, 0.15) is 38.8 Å². The summed E-state index contributed by atoms with van der Waals surface area (Å²) in [5.74, 6) is -0.705. The molecule has 1 aromatic rings. The molecule has 33 heavy (non-hydrogen) atoms. The van der Waals surface area contributed by atoms with Gasteiger partial charge in [-0.2, -0.15) is 0 Å². The Bertz CT molecular complexity index is 1040. The maximum Gasteiger partial charge on any atom is 0.403 e. The number of carbonyl (C=O) groups is 1. The summed E-state index contributed by atoms with van der Waals surface area (Å²) >= 11 is 0. The van der Waals surface area contributed by atoms with Crippen LogP contribution in [0.3, 0.4) is 0 Å². The number of nitrogens with zero attached hydrogens (tertiary/aromatic N) is 1. The van der Waals surface area contributed by atoms with E-state index in [1.165, 1.54) is 6.92 Å². The van der Waals surface area contributed by atoms with Gasteiger partial charge >= 0.3 is 19.4 Å². The highest BCUT2D eigenvalue weighted by Crippen LogP contribution is 2.43. The van der Waals surface area contributed by atoms with E-state index in [1.807, 2.05) is 4.98 Å². The number of aromatic amines is 1. The standard InChI is InChI=1S/C19H28N3O10P/c1-3-19(15(25)14(24)16(32-19)22-9-8-13(23)20-18(22)27)10-30-33(28,29)21-11(2)17(26)31-12-6-4-5-7-12/h3,8-9,11-12,14-16,24-25H,1,4-7,10H2,2H3,(H,20,23,27)(H2,21,28,29)/t11-,14+,15-,16+,19+/m0/s1. The van der Waals surface area contributed by atoms with Gasteiger partial charge in [-0.15, -0.1) is 6.58 Å². The molecule has 5 N–H and O–H groups in total. The van der Waals surface area contributed by atoms with Crippen molar-refractivity contribution in [1.82, 2.24) is 14.6 Å². The number of H-pyrrole nitrogens is 1. The van der Waals surface area contributed by atoms with Crippen molar-refractivity contribution in [3.05, 3.63) is 45.8 Å². The van der Waals surface area contributed by atoms with Gasteiger partial charge in [0.25, 0.3) is 5.56 Å². The fourth-order valence-corrected chi connectivity index (χ4v) is 4.85. The number of hydrogen-bond acceptors (Lipinski definition) is 9. The second kappa shape index (κ2) is 10.0. The van der Waals surface area contributed by atoms with E-state index in [0.717, 1.165) is 48.6 Å². The average molecular weight is 489 g/mol. The number of carbonyl (C=O) groups excluding carboxylic acids is 1. The second-order valence-electron chi connectivity index (χ2n) is 8.11. The van der Waals surface area contributed by atoms with E-state index in [0.29, 0.717) is 0 Å². The van der Waals surface area contributed by atoms with Gasteiger partial charge in [-0.25, -0.2) is 14.4 Å². The molecule has 1 saturated heterocycles. The summed E-state index contributed by atoms with van der Waals surface area (Å²) in [6.07, 6.45) is 0.475. The minimum absolute atomic E-state index is 0.221. The molecule has 0 amide bonds. The van der Waals surface area contributed by atoms with E-state index in [4.69, 9.17) is 14.0 Å². The summed E-state index contributed by atoms with van der Waals surface area (Å²) in [5, 5.41) is 23.1. The quantitative estimate of drug-likeness (QED) is 0.167. The van der Waals surface area contributed by atoms with Gasteiger partial charge in [0, 0.05) is 12.3 Å². The van der Waals surface area contributed by atoms with Crippen LogP contribution in [0.2, 0.25) is 0 Å². The summed E-state index contributed by atoms with van der Waals surface area (Å²) in [5.41, 5.74) is -3.45. The molecule has 13 nitrogen and oxygen atoms in total. The minimum atomic E-state index is -4.60. The lowest BCUT2D eigenvalue weighted by molar-refractivity contribution is -0.150. The molecule has 1 unspecified atom stereocenters. The number of esters is 1. The Balaban J connectivity index is 1.66. The molecule has 0 radical (unpaired) electrons. The zero-order chi connectivity index (χ0) is 24.4. The number of nitrogens with one attached hydrogen (secondary N) is 2. The molecule has 2 fully saturated rings. The Hall–Kier alpha value is -2.12. The molecule has 2 heterocycles. The van der Waals surface area contributed by atoms with E-state index in [9.17, 15) is 34.1 Å². The number of ether oxygens (including phenoxy) is 2. The molecule has 1 aliphatic carbocycles. The SMILES string of the molecule is C=C[C@]1(COP(=O)(O)N[C@@H](C)C(=O)OC2CCCC2)O[C@@H](n2ccc(=O)[nH]c2=O)[C@H](O)[C@@H]1O. The van der Waals surface area contributed by atoms with E-state index >= 15 is 0 Å². The topological polar surface area (TPSA) is 189 Å². The Labute approximate surface area is 188 Å². The van der Waals surface area contributed by atoms with Gasteiger partial charge in [0.2, 0.25) is 0 Å². The monoisotopic (exact) mass is 489 g/mol. The van der Waals surface area contributed by atoms with Crippen molar-refractivity contribution in [3.63, 3.8) is 0 Å². The number of rotatable bonds is 9. The third kappa shape index (κ3) is 5.69. The van der Waals surface area contributed by atoms with Crippen molar-refractivity contribution >= 4 is 13.7 Å². The maximum absolute atomic E-state index is 12.5. The first-order valence-electron chi connectivity index (χ1n) is 10.4. The van der Waals surface area contributed by atoms with Crippen molar-refractivity contribution in [2.75, 3.05) is 6.61 Å². The molecule has 1 aromatic heterocycles. The van der Waals surface area contributed by atoms with Gasteiger partial charge in [0.05, 0.1) is 6.61 Å². The summed E-state index contributed by atoms with van der Waals surface area (Å²) in [6, 6.07) is -0.139. The van der Waals surface area contributed by atoms with Gasteiger partial charge in [0.15, 0.2) is 6.23 Å². The van der Waals surface area contributed by atoms with Crippen LogP contribution in [0, 0.1) is 0 Å². The number of hydrogen-bond donors (Lipinski definition) is 5. The minimum Gasteiger partial charge on any atom is -0.461 e. The summed E-state index contributed by atoms with van der Waals surface area (Å²) < 4.78 is 29.3. The predicted molar refractivity (Wildman–Crippen MR) is 113 cm³/mol. The molecular weight excluding hydrogens is 461 g/mol. The van der Waals surface area contributed by atoms with Crippen molar-refractivity contribution in [1.29, 1.82) is 0 Å². The smallest absolute Gasteiger partial charge is 0.403 e. The number of aliphatic hydroxyl groups is 2. The Kier molecular flexibility index (Phi) is 7.74. The Morgan fingerprint density at radius 3 is 2.73 bits per heavy atom. The lowest BCUT2D eigenvalue weighted by Gasteiger charge is -2.29. The lowest BCUT2D eigenvalue weighted by Crippen LogP contribution is -2.45. The molecule has 184 valence electrons. The van der Waals surface area contributed by atoms with E-state index in [2.05, 4.69) is 11.7 Å². The summed E-state index contributed by atoms with van der Waals surface area (Å²) in [7, 11) is -4.60. The highest BCUT2D eigenvalue weighted by molar-refractivity contribution is 7.50. The molecule has 0 spiro atoms. The number of aliphatic hydroxyl groups excluding tert-OH is 2. The van der Waals surface area contributed by atoms with Crippen LogP contribution in [-0.2, 0) is 23.4 Å². The first kappa shape index (κ1) is 25.5. The average Bonchev–Trinajstić information content (AvgIpc) is 3.34. The molecule has 6 atom stereocenters. The zero-order valence-corrected chi connectivity index (χ0v) is 18.8. The van der Waals surface area contributed by atoms with Gasteiger partial charge in [-0.1, -0.05) is 6.08 Å². The van der Waals surface area contributed by atoms with Crippen LogP contribution in [0.4, 0.5) is 0 Å². The van der Waals surface area contributed by atoms with Gasteiger partial charge < -0.3 is 24.6 Å². The maximum atomic E-state index is 12.5. The third-order valence-electron chi connectivity index (χ3n) is 5.69. The summed E-state index contributed by atoms with van der Waals surface area (Å²) in [6.45, 7) is 4.11. The molecule has 3 rings (SSSR count). The van der Waals surface area contributed by atoms with E-state index in [1.54, 1.807) is 0 Å². The van der Waals surface area contributed by atoms with Crippen LogP contribution in [0.15, 0.2) is 34.5 Å². The highest BCUT2D eigenvalue weighted by Gasteiger charge is 2.54. The fourth-order valence-electron chi connectivity index (χ4n) is 3.80. The van der Waals surface area contributed by atoms with Crippen LogP contribution in [0.5, 0.6) is 0 Å². The molecule has 1 aliphatic heterocycles. The zero-order valence-electron chi connectivity index (χ0n) is 18.0. The van der Waals surface area contributed by atoms with Gasteiger partial charge in [-0.05, 0) is 32.6 Å². The van der Waals surface area contributed by atoms with E-state index in [-0.39, 0.29) is 6.10 Å². The van der Waals surface area contributed by atoms with Gasteiger partial charge in [-0.3, -0.25) is 23.7 Å². The summed E-state index contributed by atoms with van der Waals surface area (Å²) in [4.78, 5) is 47.6. The third-order valence-corrected chi connectivity index (χ3v) is 6.88. The van der Waals surface area contributed by atoms with Crippen molar-refractivity contribution in [2.45, 2.75) is 68.8 Å². The van der Waals surface area contributed by atoms with Gasteiger partial charge in [0.1, 0.15) is 30.0 Å². The van der Waals surface area contributed by atoms with Crippen LogP contribution in [-0.4, -0.2) is 67.2 Å². The molecule has 0 bridgehead atoms. The normalized spacial score (nSPS) is 30.6. The number of aromatic nitrogens is 2. The molecule has 2 aliphatic rings. The first-order chi connectivity index (χ1) is 15.5. The molecule has 1 saturated carbocycles. The largest absolute Gasteiger partial charge is 0.461 e. The van der Waals surface area contributed by atoms with Crippen LogP contribution < -0.4 is 16.3 Å². The van der Waals surface area contributed by atoms with Crippen LogP contribution in [0.25, 0.3) is 0 Å². The van der Waals surface area contributed by atoms with Crippen molar-refractivity contribution in [2.24, 2.45) is 0 Å². The highest BCUT2D eigenvalue weighted by atomic mass is 31.2. The Morgan fingerprint density at radius 2 is 2.12 bits per heavy atom. The van der Waals surface area contributed by atoms with Crippen LogP contribution >= 0.6 is 7.75 Å². The first-order valence-corrected chi connectivity index (χ1v) is 12.0. The van der Waals surface area contributed by atoms with Crippen molar-refractivity contribution in [3.8, 4) is 0 Å². The lowest BCUT2D eigenvalue weighted by atomic mass is 9.96. The fraction of sp³-hybridized carbons (Fsp3) is 0.632. The van der Waals surface area contributed by atoms with E-state index < -0.39 is 61.7 Å². The molecule has 0 aromatic carbocycles. The predicted octanol–water partition coefficient (Wildman–Crippen LogP) is -0.707. The Morgan fingerprint density at radius 1 is 1.45 bits per heavy atom. The molecule has 14 heteroatoms. The molecular formula is C19H28N3O10P.